The van der Waals surface area contributed by atoms with Crippen molar-refractivity contribution < 1.29 is 14.3 Å². The smallest absolute Gasteiger partial charge is 0.307 e. The standard InChI is InChI=1S/C19H20ClNO3S/c1-24-18(22)10-11-21(13-14-6-4-3-5-7-14)19(23)16-12-15(25-2)8-9-17(16)20/h3-9,12H,10-11,13H2,1-2H3. The third-order valence-corrected chi connectivity index (χ3v) is 4.78. The number of amides is 1. The second-order valence-corrected chi connectivity index (χ2v) is 6.67. The molecular weight excluding hydrogens is 358 g/mol. The maximum Gasteiger partial charge on any atom is 0.307 e. The van der Waals surface area contributed by atoms with Crippen LogP contribution in [0.4, 0.5) is 0 Å². The average Bonchev–Trinajstić information content (AvgIpc) is 2.65. The molecule has 0 N–H and O–H groups in total. The lowest BCUT2D eigenvalue weighted by Gasteiger charge is -2.23. The number of methoxy groups -OCH3 is 1. The molecule has 0 aliphatic carbocycles. The Morgan fingerprint density at radius 1 is 1.16 bits per heavy atom. The zero-order valence-corrected chi connectivity index (χ0v) is 15.8. The minimum Gasteiger partial charge on any atom is -0.469 e. The zero-order valence-electron chi connectivity index (χ0n) is 14.2. The Morgan fingerprint density at radius 2 is 1.88 bits per heavy atom. The molecule has 2 rings (SSSR count). The van der Waals surface area contributed by atoms with Crippen molar-refractivity contribution in [2.75, 3.05) is 19.9 Å². The first-order valence-electron chi connectivity index (χ1n) is 7.78. The maximum atomic E-state index is 13.0. The highest BCUT2D eigenvalue weighted by Gasteiger charge is 2.20. The number of carbonyl (C=O) groups is 2. The molecule has 0 spiro atoms. The van der Waals surface area contributed by atoms with Gasteiger partial charge in [0, 0.05) is 18.0 Å². The fraction of sp³-hybridized carbons (Fsp3) is 0.263. The highest BCUT2D eigenvalue weighted by atomic mass is 35.5. The van der Waals surface area contributed by atoms with Gasteiger partial charge in [0.1, 0.15) is 0 Å². The predicted octanol–water partition coefficient (Wildman–Crippen LogP) is 4.27. The number of rotatable bonds is 7. The number of halogens is 1. The molecule has 0 aliphatic rings. The van der Waals surface area contributed by atoms with E-state index in [2.05, 4.69) is 0 Å². The summed E-state index contributed by atoms with van der Waals surface area (Å²) in [6, 6.07) is 15.0. The number of thioether (sulfide) groups is 1. The first-order valence-corrected chi connectivity index (χ1v) is 9.39. The van der Waals surface area contributed by atoms with Crippen molar-refractivity contribution in [1.29, 1.82) is 0 Å². The molecule has 132 valence electrons. The Balaban J connectivity index is 2.26. The van der Waals surface area contributed by atoms with Gasteiger partial charge in [-0.05, 0) is 30.0 Å². The zero-order chi connectivity index (χ0) is 18.2. The molecule has 0 saturated heterocycles. The number of hydrogen-bond acceptors (Lipinski definition) is 4. The molecule has 0 radical (unpaired) electrons. The number of nitrogens with zero attached hydrogens (tertiary/aromatic N) is 1. The highest BCUT2D eigenvalue weighted by Crippen LogP contribution is 2.25. The van der Waals surface area contributed by atoms with Gasteiger partial charge in [-0.25, -0.2) is 0 Å². The lowest BCUT2D eigenvalue weighted by atomic mass is 10.1. The summed E-state index contributed by atoms with van der Waals surface area (Å²) >= 11 is 7.78. The van der Waals surface area contributed by atoms with Crippen molar-refractivity contribution in [3.63, 3.8) is 0 Å². The lowest BCUT2D eigenvalue weighted by Crippen LogP contribution is -2.33. The molecule has 2 aromatic carbocycles. The van der Waals surface area contributed by atoms with E-state index in [0.29, 0.717) is 17.1 Å². The third-order valence-electron chi connectivity index (χ3n) is 3.72. The Bertz CT molecular complexity index is 737. The van der Waals surface area contributed by atoms with Crippen LogP contribution in [-0.2, 0) is 16.1 Å². The van der Waals surface area contributed by atoms with Gasteiger partial charge in [0.25, 0.3) is 5.91 Å². The number of esters is 1. The molecule has 0 heterocycles. The van der Waals surface area contributed by atoms with Crippen LogP contribution in [0.15, 0.2) is 53.4 Å². The lowest BCUT2D eigenvalue weighted by molar-refractivity contribution is -0.140. The molecule has 0 atom stereocenters. The van der Waals surface area contributed by atoms with Crippen LogP contribution in [0.25, 0.3) is 0 Å². The minimum absolute atomic E-state index is 0.134. The molecule has 25 heavy (non-hydrogen) atoms. The monoisotopic (exact) mass is 377 g/mol. The van der Waals surface area contributed by atoms with E-state index in [1.807, 2.05) is 42.7 Å². The second kappa shape index (κ2) is 9.49. The van der Waals surface area contributed by atoms with Crippen molar-refractivity contribution in [2.45, 2.75) is 17.9 Å². The van der Waals surface area contributed by atoms with Gasteiger partial charge in [0.2, 0.25) is 0 Å². The molecular formula is C19H20ClNO3S. The van der Waals surface area contributed by atoms with Crippen molar-refractivity contribution in [3.8, 4) is 0 Å². The minimum atomic E-state index is -0.352. The molecule has 0 bridgehead atoms. The Hall–Kier alpha value is -1.98. The van der Waals surface area contributed by atoms with Crippen molar-refractivity contribution >= 4 is 35.2 Å². The predicted molar refractivity (Wildman–Crippen MR) is 101 cm³/mol. The molecule has 0 unspecified atom stereocenters. The molecule has 0 saturated carbocycles. The Morgan fingerprint density at radius 3 is 2.52 bits per heavy atom. The highest BCUT2D eigenvalue weighted by molar-refractivity contribution is 7.98. The molecule has 6 heteroatoms. The fourth-order valence-corrected chi connectivity index (χ4v) is 2.99. The SMILES string of the molecule is COC(=O)CCN(Cc1ccccc1)C(=O)c1cc(SC)ccc1Cl. The molecule has 1 amide bonds. The first-order chi connectivity index (χ1) is 12.0. The van der Waals surface area contributed by atoms with Crippen molar-refractivity contribution in [3.05, 3.63) is 64.7 Å². The van der Waals surface area contributed by atoms with Gasteiger partial charge in [-0.15, -0.1) is 11.8 Å². The second-order valence-electron chi connectivity index (χ2n) is 5.38. The van der Waals surface area contributed by atoms with Crippen LogP contribution in [0, 0.1) is 0 Å². The molecule has 4 nitrogen and oxygen atoms in total. The summed E-state index contributed by atoms with van der Waals surface area (Å²) in [5.74, 6) is -0.552. The van der Waals surface area contributed by atoms with Crippen molar-refractivity contribution in [2.24, 2.45) is 0 Å². The van der Waals surface area contributed by atoms with Crippen LogP contribution < -0.4 is 0 Å². The van der Waals surface area contributed by atoms with Gasteiger partial charge in [-0.3, -0.25) is 9.59 Å². The van der Waals surface area contributed by atoms with E-state index in [9.17, 15) is 9.59 Å². The van der Waals surface area contributed by atoms with E-state index in [4.69, 9.17) is 16.3 Å². The number of hydrogen-bond donors (Lipinski definition) is 0. The van der Waals surface area contributed by atoms with Crippen LogP contribution in [-0.4, -0.2) is 36.7 Å². The Kier molecular flexibility index (Phi) is 7.34. The van der Waals surface area contributed by atoms with Gasteiger partial charge >= 0.3 is 5.97 Å². The maximum absolute atomic E-state index is 13.0. The van der Waals surface area contributed by atoms with Crippen LogP contribution in [0.3, 0.4) is 0 Å². The summed E-state index contributed by atoms with van der Waals surface area (Å²) in [7, 11) is 1.34. The van der Waals surface area contributed by atoms with Gasteiger partial charge in [0.05, 0.1) is 24.1 Å². The van der Waals surface area contributed by atoms with E-state index >= 15 is 0 Å². The number of carbonyl (C=O) groups excluding carboxylic acids is 2. The molecule has 0 aliphatic heterocycles. The summed E-state index contributed by atoms with van der Waals surface area (Å²) in [4.78, 5) is 27.1. The normalized spacial score (nSPS) is 10.4. The largest absolute Gasteiger partial charge is 0.469 e. The third kappa shape index (κ3) is 5.51. The van der Waals surface area contributed by atoms with E-state index in [-0.39, 0.29) is 24.8 Å². The van der Waals surface area contributed by atoms with Crippen LogP contribution in [0.5, 0.6) is 0 Å². The van der Waals surface area contributed by atoms with E-state index in [1.54, 1.807) is 28.8 Å². The topological polar surface area (TPSA) is 46.6 Å². The van der Waals surface area contributed by atoms with E-state index < -0.39 is 0 Å². The Labute approximate surface area is 157 Å². The van der Waals surface area contributed by atoms with Crippen molar-refractivity contribution in [1.82, 2.24) is 4.90 Å². The number of benzene rings is 2. The summed E-state index contributed by atoms with van der Waals surface area (Å²) in [6.07, 6.45) is 2.07. The fourth-order valence-electron chi connectivity index (χ4n) is 2.35. The van der Waals surface area contributed by atoms with Gasteiger partial charge in [-0.2, -0.15) is 0 Å². The quantitative estimate of drug-likeness (QED) is 0.534. The van der Waals surface area contributed by atoms with Gasteiger partial charge < -0.3 is 9.64 Å². The average molecular weight is 378 g/mol. The summed E-state index contributed by atoms with van der Waals surface area (Å²) in [6.45, 7) is 0.663. The van der Waals surface area contributed by atoms with E-state index in [1.165, 1.54) is 7.11 Å². The van der Waals surface area contributed by atoms with Gasteiger partial charge in [-0.1, -0.05) is 41.9 Å². The van der Waals surface area contributed by atoms with Gasteiger partial charge in [0.15, 0.2) is 0 Å². The molecule has 2 aromatic rings. The first kappa shape index (κ1) is 19.3. The molecule has 0 aromatic heterocycles. The summed E-state index contributed by atoms with van der Waals surface area (Å²) in [5, 5.41) is 0.402. The van der Waals surface area contributed by atoms with Crippen LogP contribution in [0.2, 0.25) is 5.02 Å². The summed E-state index contributed by atoms with van der Waals surface area (Å²) in [5.41, 5.74) is 1.42. The number of ether oxygens (including phenoxy) is 1. The van der Waals surface area contributed by atoms with Crippen LogP contribution in [0.1, 0.15) is 22.3 Å². The summed E-state index contributed by atoms with van der Waals surface area (Å²) < 4.78 is 4.69. The molecule has 0 fully saturated rings. The van der Waals surface area contributed by atoms with Crippen LogP contribution >= 0.6 is 23.4 Å². The van der Waals surface area contributed by atoms with E-state index in [0.717, 1.165) is 10.5 Å².